The molecule has 17 heavy (non-hydrogen) atoms. The fourth-order valence-electron chi connectivity index (χ4n) is 2.90. The van der Waals surface area contributed by atoms with Gasteiger partial charge in [0.1, 0.15) is 5.76 Å². The van der Waals surface area contributed by atoms with Crippen molar-refractivity contribution in [3.8, 4) is 0 Å². The van der Waals surface area contributed by atoms with Crippen LogP contribution in [0.15, 0.2) is 11.8 Å². The van der Waals surface area contributed by atoms with Crippen LogP contribution in [0, 0.1) is 0 Å². The van der Waals surface area contributed by atoms with E-state index in [-0.39, 0.29) is 48.3 Å². The highest BCUT2D eigenvalue weighted by Crippen LogP contribution is 2.37. The summed E-state index contributed by atoms with van der Waals surface area (Å²) in [5.41, 5.74) is 12.0. The van der Waals surface area contributed by atoms with Crippen molar-refractivity contribution in [2.24, 2.45) is 11.5 Å². The SMILES string of the molecule is COC1=CCC2(N)CN(C)CC1(N)C2.Cl.Cl.Cl. The lowest BCUT2D eigenvalue weighted by Crippen LogP contribution is -2.68. The number of likely N-dealkylation sites (tertiary alicyclic amines) is 1. The van der Waals surface area contributed by atoms with Crippen LogP contribution in [0.5, 0.6) is 0 Å². The molecule has 0 aromatic carbocycles. The van der Waals surface area contributed by atoms with Gasteiger partial charge in [0.05, 0.1) is 12.6 Å². The van der Waals surface area contributed by atoms with Crippen LogP contribution in [0.1, 0.15) is 12.8 Å². The maximum atomic E-state index is 6.32. The van der Waals surface area contributed by atoms with E-state index >= 15 is 0 Å². The molecule has 0 spiro atoms. The van der Waals surface area contributed by atoms with Gasteiger partial charge in [0.2, 0.25) is 0 Å². The highest BCUT2D eigenvalue weighted by molar-refractivity contribution is 5.86. The van der Waals surface area contributed by atoms with Gasteiger partial charge < -0.3 is 21.1 Å². The lowest BCUT2D eigenvalue weighted by Gasteiger charge is -2.51. The van der Waals surface area contributed by atoms with Crippen LogP contribution >= 0.6 is 37.2 Å². The summed E-state index contributed by atoms with van der Waals surface area (Å²) in [5.74, 6) is 0.894. The van der Waals surface area contributed by atoms with Crippen LogP contribution in [-0.2, 0) is 4.74 Å². The number of methoxy groups -OCH3 is 1. The third kappa shape index (κ3) is 3.63. The lowest BCUT2D eigenvalue weighted by molar-refractivity contribution is 0.0711. The third-order valence-electron chi connectivity index (χ3n) is 3.21. The Balaban J connectivity index is 0. The van der Waals surface area contributed by atoms with Gasteiger partial charge in [-0.05, 0) is 26.0 Å². The first-order valence-corrected chi connectivity index (χ1v) is 4.98. The van der Waals surface area contributed by atoms with Crippen molar-refractivity contribution in [3.63, 3.8) is 0 Å². The van der Waals surface area contributed by atoms with Crippen molar-refractivity contribution in [2.75, 3.05) is 27.2 Å². The molecule has 4 nitrogen and oxygen atoms in total. The van der Waals surface area contributed by atoms with Gasteiger partial charge in [0, 0.05) is 18.6 Å². The number of nitrogens with two attached hydrogens (primary N) is 2. The highest BCUT2D eigenvalue weighted by atomic mass is 35.5. The van der Waals surface area contributed by atoms with Crippen LogP contribution in [0.3, 0.4) is 0 Å². The summed E-state index contributed by atoms with van der Waals surface area (Å²) in [7, 11) is 3.74. The maximum absolute atomic E-state index is 6.32. The van der Waals surface area contributed by atoms with E-state index < -0.39 is 0 Å². The summed E-state index contributed by atoms with van der Waals surface area (Å²) in [6, 6.07) is 0. The number of likely N-dealkylation sites (N-methyl/N-ethyl adjacent to an activating group) is 1. The van der Waals surface area contributed by atoms with Crippen LogP contribution in [0.25, 0.3) is 0 Å². The summed E-state index contributed by atoms with van der Waals surface area (Å²) < 4.78 is 5.33. The van der Waals surface area contributed by atoms with Crippen molar-refractivity contribution in [1.82, 2.24) is 4.90 Å². The van der Waals surface area contributed by atoms with Gasteiger partial charge in [-0.25, -0.2) is 0 Å². The van der Waals surface area contributed by atoms with E-state index in [0.717, 1.165) is 31.7 Å². The first-order chi connectivity index (χ1) is 6.47. The van der Waals surface area contributed by atoms with Crippen molar-refractivity contribution in [1.29, 1.82) is 0 Å². The average Bonchev–Trinajstić information content (AvgIpc) is 2.00. The Labute approximate surface area is 121 Å². The van der Waals surface area contributed by atoms with Gasteiger partial charge in [-0.15, -0.1) is 37.2 Å². The number of ether oxygens (including phenoxy) is 1. The topological polar surface area (TPSA) is 64.5 Å². The Bertz CT molecular complexity index is 290. The summed E-state index contributed by atoms with van der Waals surface area (Å²) in [6.07, 6.45) is 3.74. The molecule has 1 heterocycles. The number of halogens is 3. The molecule has 0 radical (unpaired) electrons. The van der Waals surface area contributed by atoms with Gasteiger partial charge in [-0.1, -0.05) is 0 Å². The molecular formula is C10H22Cl3N3O. The molecule has 2 bridgehead atoms. The zero-order valence-corrected chi connectivity index (χ0v) is 12.6. The molecule has 104 valence electrons. The standard InChI is InChI=1S/C10H19N3O.3ClH/c1-13-6-9(11)4-3-8(14-2)10(12,5-9)7-13;;;/h3H,4-7,11-12H2,1-2H3;3*1H. The van der Waals surface area contributed by atoms with E-state index in [4.69, 9.17) is 16.2 Å². The number of piperidine rings is 1. The number of fused-ring (bicyclic) bond motifs is 2. The van der Waals surface area contributed by atoms with E-state index in [2.05, 4.69) is 18.0 Å². The van der Waals surface area contributed by atoms with Crippen molar-refractivity contribution < 1.29 is 4.74 Å². The third-order valence-corrected chi connectivity index (χ3v) is 3.21. The van der Waals surface area contributed by atoms with E-state index in [1.165, 1.54) is 0 Å². The molecule has 1 fully saturated rings. The smallest absolute Gasteiger partial charge is 0.113 e. The first kappa shape index (κ1) is 19.6. The minimum atomic E-state index is -0.380. The second kappa shape index (κ2) is 6.45. The summed E-state index contributed by atoms with van der Waals surface area (Å²) >= 11 is 0. The molecule has 2 unspecified atom stereocenters. The molecule has 1 aliphatic carbocycles. The normalized spacial score (nSPS) is 35.6. The molecule has 7 heteroatoms. The molecule has 2 rings (SSSR count). The molecule has 0 aromatic heterocycles. The number of nitrogens with zero attached hydrogens (tertiary/aromatic N) is 1. The monoisotopic (exact) mass is 305 g/mol. The summed E-state index contributed by atoms with van der Waals surface area (Å²) in [5, 5.41) is 0. The van der Waals surface area contributed by atoms with Crippen molar-refractivity contribution >= 4 is 37.2 Å². The van der Waals surface area contributed by atoms with E-state index in [1.807, 2.05) is 0 Å². The molecule has 2 aliphatic rings. The molecule has 2 atom stereocenters. The molecule has 0 saturated carbocycles. The molecule has 1 saturated heterocycles. The Hall–Kier alpha value is 0.290. The number of hydrogen-bond acceptors (Lipinski definition) is 4. The number of rotatable bonds is 1. The van der Waals surface area contributed by atoms with Gasteiger partial charge in [0.15, 0.2) is 0 Å². The second-order valence-corrected chi connectivity index (χ2v) is 4.84. The van der Waals surface area contributed by atoms with Crippen LogP contribution < -0.4 is 11.5 Å². The highest BCUT2D eigenvalue weighted by Gasteiger charge is 2.48. The Kier molecular flexibility index (Phi) is 7.45. The predicted molar refractivity (Wildman–Crippen MR) is 77.4 cm³/mol. The first-order valence-electron chi connectivity index (χ1n) is 4.98. The molecule has 0 aromatic rings. The second-order valence-electron chi connectivity index (χ2n) is 4.84. The van der Waals surface area contributed by atoms with E-state index in [9.17, 15) is 0 Å². The van der Waals surface area contributed by atoms with Crippen LogP contribution in [-0.4, -0.2) is 43.2 Å². The van der Waals surface area contributed by atoms with Crippen LogP contribution in [0.2, 0.25) is 0 Å². The zero-order valence-electron chi connectivity index (χ0n) is 10.1. The minimum Gasteiger partial charge on any atom is -0.499 e. The lowest BCUT2D eigenvalue weighted by atomic mass is 9.71. The van der Waals surface area contributed by atoms with E-state index in [1.54, 1.807) is 7.11 Å². The van der Waals surface area contributed by atoms with Crippen molar-refractivity contribution in [3.05, 3.63) is 11.8 Å². The van der Waals surface area contributed by atoms with Gasteiger partial charge in [-0.2, -0.15) is 0 Å². The fourth-order valence-corrected chi connectivity index (χ4v) is 2.90. The Morgan fingerprint density at radius 3 is 2.35 bits per heavy atom. The van der Waals surface area contributed by atoms with Crippen LogP contribution in [0.4, 0.5) is 0 Å². The molecule has 0 amide bonds. The largest absolute Gasteiger partial charge is 0.499 e. The minimum absolute atomic E-state index is 0. The summed E-state index contributed by atoms with van der Waals surface area (Å²) in [6.45, 7) is 1.74. The maximum Gasteiger partial charge on any atom is 0.113 e. The van der Waals surface area contributed by atoms with Gasteiger partial charge in [0.25, 0.3) is 0 Å². The number of hydrogen-bond donors (Lipinski definition) is 2. The van der Waals surface area contributed by atoms with Gasteiger partial charge >= 0.3 is 0 Å². The summed E-state index contributed by atoms with van der Waals surface area (Å²) in [4.78, 5) is 2.19. The van der Waals surface area contributed by atoms with E-state index in [0.29, 0.717) is 0 Å². The zero-order chi connectivity index (χ0) is 10.4. The molecular weight excluding hydrogens is 284 g/mol. The van der Waals surface area contributed by atoms with Gasteiger partial charge in [-0.3, -0.25) is 0 Å². The average molecular weight is 307 g/mol. The fraction of sp³-hybridized carbons (Fsp3) is 0.800. The molecule has 4 N–H and O–H groups in total. The Morgan fingerprint density at radius 2 is 1.82 bits per heavy atom. The predicted octanol–water partition coefficient (Wildman–Crippen LogP) is 0.916. The molecule has 1 aliphatic heterocycles. The quantitative estimate of drug-likeness (QED) is 0.756. The van der Waals surface area contributed by atoms with Crippen molar-refractivity contribution in [2.45, 2.75) is 23.9 Å². The Morgan fingerprint density at radius 1 is 1.24 bits per heavy atom.